The summed E-state index contributed by atoms with van der Waals surface area (Å²) in [4.78, 5) is 11.5. The Morgan fingerprint density at radius 1 is 1.41 bits per heavy atom. The molecule has 17 heavy (non-hydrogen) atoms. The van der Waals surface area contributed by atoms with Crippen LogP contribution in [-0.2, 0) is 9.47 Å². The molecule has 0 saturated carbocycles. The lowest BCUT2D eigenvalue weighted by Crippen LogP contribution is -2.23. The molecule has 1 unspecified atom stereocenters. The lowest BCUT2D eigenvalue weighted by Gasteiger charge is -2.17. The van der Waals surface area contributed by atoms with Crippen LogP contribution in [0.4, 0.5) is 5.69 Å². The second kappa shape index (κ2) is 6.91. The van der Waals surface area contributed by atoms with Gasteiger partial charge in [0.15, 0.2) is 0 Å². The largest absolute Gasteiger partial charge is 0.465 e. The number of benzene rings is 1. The van der Waals surface area contributed by atoms with Gasteiger partial charge in [-0.15, -0.1) is 0 Å². The van der Waals surface area contributed by atoms with Crippen molar-refractivity contribution in [3.63, 3.8) is 0 Å². The summed E-state index contributed by atoms with van der Waals surface area (Å²) in [5, 5.41) is 3.23. The number of ether oxygens (including phenoxy) is 2. The van der Waals surface area contributed by atoms with E-state index in [2.05, 4.69) is 5.32 Å². The van der Waals surface area contributed by atoms with Crippen LogP contribution >= 0.6 is 0 Å². The molecule has 4 heteroatoms. The summed E-state index contributed by atoms with van der Waals surface area (Å²) in [6.07, 6.45) is 0. The zero-order chi connectivity index (χ0) is 12.7. The Kier molecular flexibility index (Phi) is 5.49. The van der Waals surface area contributed by atoms with Gasteiger partial charge in [-0.05, 0) is 26.0 Å². The Hall–Kier alpha value is -1.55. The quantitative estimate of drug-likeness (QED) is 0.771. The molecule has 1 rings (SSSR count). The summed E-state index contributed by atoms with van der Waals surface area (Å²) in [7, 11) is 1.38. The van der Waals surface area contributed by atoms with Crippen LogP contribution < -0.4 is 5.32 Å². The van der Waals surface area contributed by atoms with Crippen LogP contribution in [0.2, 0.25) is 0 Å². The molecule has 1 aromatic carbocycles. The first kappa shape index (κ1) is 13.5. The predicted octanol–water partition coefficient (Wildman–Crippen LogP) is 2.31. The fourth-order valence-corrected chi connectivity index (χ4v) is 1.50. The Labute approximate surface area is 102 Å². The van der Waals surface area contributed by atoms with E-state index in [1.807, 2.05) is 32.0 Å². The highest BCUT2D eigenvalue weighted by Crippen LogP contribution is 2.16. The first-order valence-corrected chi connectivity index (χ1v) is 5.70. The van der Waals surface area contributed by atoms with E-state index in [4.69, 9.17) is 9.47 Å². The fraction of sp³-hybridized carbons (Fsp3) is 0.462. The van der Waals surface area contributed by atoms with Crippen LogP contribution in [0.15, 0.2) is 24.3 Å². The lowest BCUT2D eigenvalue weighted by molar-refractivity contribution is 0.0601. The molecule has 0 aliphatic heterocycles. The van der Waals surface area contributed by atoms with Crippen molar-refractivity contribution in [2.45, 2.75) is 19.9 Å². The number of esters is 1. The third-order valence-electron chi connectivity index (χ3n) is 2.31. The molecule has 1 atom stereocenters. The number of rotatable bonds is 6. The van der Waals surface area contributed by atoms with E-state index in [0.717, 1.165) is 5.69 Å². The Balaban J connectivity index is 2.73. The van der Waals surface area contributed by atoms with E-state index in [9.17, 15) is 4.79 Å². The summed E-state index contributed by atoms with van der Waals surface area (Å²) >= 11 is 0. The van der Waals surface area contributed by atoms with Gasteiger partial charge < -0.3 is 14.8 Å². The molecule has 0 heterocycles. The number of carbonyl (C=O) groups is 1. The van der Waals surface area contributed by atoms with Crippen molar-refractivity contribution in [1.82, 2.24) is 0 Å². The summed E-state index contributed by atoms with van der Waals surface area (Å²) in [6, 6.07) is 7.42. The van der Waals surface area contributed by atoms with Gasteiger partial charge in [-0.3, -0.25) is 0 Å². The number of carbonyl (C=O) groups excluding carboxylic acids is 1. The van der Waals surface area contributed by atoms with Crippen LogP contribution in [-0.4, -0.2) is 32.3 Å². The van der Waals surface area contributed by atoms with E-state index >= 15 is 0 Å². The van der Waals surface area contributed by atoms with Gasteiger partial charge in [0.2, 0.25) is 0 Å². The highest BCUT2D eigenvalue weighted by molar-refractivity contribution is 5.95. The molecule has 0 aromatic heterocycles. The number of anilines is 1. The molecule has 0 saturated heterocycles. The number of hydrogen-bond donors (Lipinski definition) is 1. The Morgan fingerprint density at radius 2 is 2.12 bits per heavy atom. The van der Waals surface area contributed by atoms with Crippen LogP contribution in [0.25, 0.3) is 0 Å². The van der Waals surface area contributed by atoms with Crippen molar-refractivity contribution in [2.75, 3.05) is 25.6 Å². The average Bonchev–Trinajstić information content (AvgIpc) is 2.36. The predicted molar refractivity (Wildman–Crippen MR) is 67.4 cm³/mol. The second-order valence-electron chi connectivity index (χ2n) is 3.74. The summed E-state index contributed by atoms with van der Waals surface area (Å²) in [6.45, 7) is 5.25. The van der Waals surface area contributed by atoms with Crippen molar-refractivity contribution in [3.8, 4) is 0 Å². The molecule has 94 valence electrons. The Morgan fingerprint density at radius 3 is 2.76 bits per heavy atom. The Bertz CT molecular complexity index is 365. The highest BCUT2D eigenvalue weighted by Gasteiger charge is 2.12. The van der Waals surface area contributed by atoms with Gasteiger partial charge in [-0.2, -0.15) is 0 Å². The monoisotopic (exact) mass is 237 g/mol. The van der Waals surface area contributed by atoms with Crippen molar-refractivity contribution < 1.29 is 14.3 Å². The van der Waals surface area contributed by atoms with Crippen molar-refractivity contribution in [1.29, 1.82) is 0 Å². The maximum atomic E-state index is 11.5. The van der Waals surface area contributed by atoms with Crippen molar-refractivity contribution >= 4 is 11.7 Å². The summed E-state index contributed by atoms with van der Waals surface area (Å²) < 4.78 is 10.0. The fourth-order valence-electron chi connectivity index (χ4n) is 1.50. The molecule has 1 N–H and O–H groups in total. The van der Waals surface area contributed by atoms with E-state index in [1.54, 1.807) is 6.07 Å². The summed E-state index contributed by atoms with van der Waals surface area (Å²) in [5.41, 5.74) is 1.31. The van der Waals surface area contributed by atoms with E-state index in [-0.39, 0.29) is 12.0 Å². The minimum atomic E-state index is -0.336. The SMILES string of the molecule is CCOCC(C)Nc1ccccc1C(=O)OC. The highest BCUT2D eigenvalue weighted by atomic mass is 16.5. The first-order chi connectivity index (χ1) is 8.19. The van der Waals surface area contributed by atoms with Gasteiger partial charge >= 0.3 is 5.97 Å². The van der Waals surface area contributed by atoms with Gasteiger partial charge in [0.1, 0.15) is 0 Å². The van der Waals surface area contributed by atoms with E-state index in [0.29, 0.717) is 18.8 Å². The third-order valence-corrected chi connectivity index (χ3v) is 2.31. The molecule has 0 spiro atoms. The average molecular weight is 237 g/mol. The van der Waals surface area contributed by atoms with Crippen LogP contribution in [0.5, 0.6) is 0 Å². The molecule has 0 aliphatic rings. The van der Waals surface area contributed by atoms with Crippen LogP contribution in [0.3, 0.4) is 0 Å². The molecule has 1 aromatic rings. The number of methoxy groups -OCH3 is 1. The maximum Gasteiger partial charge on any atom is 0.339 e. The van der Waals surface area contributed by atoms with Gasteiger partial charge in [0.05, 0.1) is 19.3 Å². The smallest absolute Gasteiger partial charge is 0.339 e. The van der Waals surface area contributed by atoms with Gasteiger partial charge in [-0.25, -0.2) is 4.79 Å². The maximum absolute atomic E-state index is 11.5. The van der Waals surface area contributed by atoms with E-state index < -0.39 is 0 Å². The minimum Gasteiger partial charge on any atom is -0.465 e. The van der Waals surface area contributed by atoms with Crippen molar-refractivity contribution in [3.05, 3.63) is 29.8 Å². The zero-order valence-corrected chi connectivity index (χ0v) is 10.5. The van der Waals surface area contributed by atoms with Crippen LogP contribution in [0, 0.1) is 0 Å². The van der Waals surface area contributed by atoms with Crippen LogP contribution in [0.1, 0.15) is 24.2 Å². The lowest BCUT2D eigenvalue weighted by atomic mass is 10.1. The third kappa shape index (κ3) is 4.07. The van der Waals surface area contributed by atoms with Gasteiger partial charge in [0, 0.05) is 18.3 Å². The van der Waals surface area contributed by atoms with Gasteiger partial charge in [0.25, 0.3) is 0 Å². The normalized spacial score (nSPS) is 11.9. The molecular formula is C13H19NO3. The molecule has 0 bridgehead atoms. The molecule has 0 amide bonds. The van der Waals surface area contributed by atoms with E-state index in [1.165, 1.54) is 7.11 Å². The summed E-state index contributed by atoms with van der Waals surface area (Å²) in [5.74, 6) is -0.336. The van der Waals surface area contributed by atoms with Crippen molar-refractivity contribution in [2.24, 2.45) is 0 Å². The number of para-hydroxylation sites is 1. The molecule has 0 aliphatic carbocycles. The minimum absolute atomic E-state index is 0.140. The molecule has 0 fully saturated rings. The number of hydrogen-bond acceptors (Lipinski definition) is 4. The van der Waals surface area contributed by atoms with Gasteiger partial charge in [-0.1, -0.05) is 12.1 Å². The number of nitrogens with one attached hydrogen (secondary N) is 1. The first-order valence-electron chi connectivity index (χ1n) is 5.70. The topological polar surface area (TPSA) is 47.6 Å². The second-order valence-corrected chi connectivity index (χ2v) is 3.74. The molecule has 0 radical (unpaired) electrons. The molecular weight excluding hydrogens is 218 g/mol. The molecule has 4 nitrogen and oxygen atoms in total. The zero-order valence-electron chi connectivity index (χ0n) is 10.5. The standard InChI is InChI=1S/C13H19NO3/c1-4-17-9-10(2)14-12-8-6-5-7-11(12)13(15)16-3/h5-8,10,14H,4,9H2,1-3H3.